The van der Waals surface area contributed by atoms with Gasteiger partial charge in [-0.1, -0.05) is 36.9 Å². The minimum absolute atomic E-state index is 0.0609. The number of thioether (sulfide) groups is 1. The van der Waals surface area contributed by atoms with E-state index in [0.29, 0.717) is 17.3 Å². The molecule has 1 aromatic carbocycles. The molecule has 1 N–H and O–H groups in total. The number of carbonyl (C=O) groups excluding carboxylic acids is 1. The molecule has 0 aliphatic heterocycles. The summed E-state index contributed by atoms with van der Waals surface area (Å²) >= 11 is 1.24. The van der Waals surface area contributed by atoms with Crippen LogP contribution in [-0.4, -0.2) is 37.4 Å². The minimum Gasteiger partial charge on any atom is -0.335 e. The smallest absolute Gasteiger partial charge is 0.335 e. The second kappa shape index (κ2) is 7.86. The lowest BCUT2D eigenvalue weighted by Gasteiger charge is -2.22. The van der Waals surface area contributed by atoms with Gasteiger partial charge in [0.05, 0.1) is 5.75 Å². The van der Waals surface area contributed by atoms with Gasteiger partial charge in [0.2, 0.25) is 5.91 Å². The number of carbonyl (C=O) groups is 1. The van der Waals surface area contributed by atoms with Crippen molar-refractivity contribution >= 4 is 17.7 Å². The highest BCUT2D eigenvalue weighted by Gasteiger charge is 2.33. The predicted molar refractivity (Wildman–Crippen MR) is 93.8 cm³/mol. The molecule has 1 aliphatic carbocycles. The number of nitrogens with one attached hydrogen (secondary N) is 1. The lowest BCUT2D eigenvalue weighted by molar-refractivity contribution is -0.129. The van der Waals surface area contributed by atoms with Crippen LogP contribution < -0.4 is 5.69 Å². The number of benzene rings is 1. The summed E-state index contributed by atoms with van der Waals surface area (Å²) in [6, 6.07) is 6.72. The topological polar surface area (TPSA) is 71.0 Å². The number of aromatic amines is 1. The molecule has 25 heavy (non-hydrogen) atoms. The second-order valence-corrected chi connectivity index (χ2v) is 7.04. The first-order valence-electron chi connectivity index (χ1n) is 8.41. The Balaban J connectivity index is 1.66. The highest BCUT2D eigenvalue weighted by Crippen LogP contribution is 2.30. The van der Waals surface area contributed by atoms with Crippen LogP contribution in [0.2, 0.25) is 0 Å². The van der Waals surface area contributed by atoms with Crippen LogP contribution in [0.3, 0.4) is 0 Å². The molecule has 134 valence electrons. The Bertz CT molecular complexity index is 800. The average molecular weight is 364 g/mol. The number of H-pyrrole nitrogens is 1. The van der Waals surface area contributed by atoms with Gasteiger partial charge in [0.1, 0.15) is 5.82 Å². The van der Waals surface area contributed by atoms with Gasteiger partial charge in [-0.3, -0.25) is 9.36 Å². The zero-order valence-electron chi connectivity index (χ0n) is 14.1. The number of nitrogens with zero attached hydrogens (tertiary/aromatic N) is 3. The summed E-state index contributed by atoms with van der Waals surface area (Å²) in [6.45, 7) is 2.81. The van der Waals surface area contributed by atoms with E-state index in [-0.39, 0.29) is 35.8 Å². The maximum Gasteiger partial charge on any atom is 0.343 e. The molecule has 1 amide bonds. The molecule has 1 aliphatic rings. The Labute approximate surface area is 149 Å². The fraction of sp³-hybridized carbons (Fsp3) is 0.471. The van der Waals surface area contributed by atoms with E-state index in [4.69, 9.17) is 0 Å². The molecule has 0 unspecified atom stereocenters. The highest BCUT2D eigenvalue weighted by atomic mass is 32.2. The van der Waals surface area contributed by atoms with Crippen LogP contribution in [0.4, 0.5) is 4.39 Å². The SMILES string of the molecule is CCCn1c(SCC(=O)N(Cc2ccccc2F)C2CC2)n[nH]c1=O. The number of aromatic nitrogens is 3. The molecule has 0 bridgehead atoms. The second-order valence-electron chi connectivity index (χ2n) is 6.10. The van der Waals surface area contributed by atoms with Crippen LogP contribution in [0.25, 0.3) is 0 Å². The third-order valence-electron chi connectivity index (χ3n) is 4.10. The summed E-state index contributed by atoms with van der Waals surface area (Å²) in [7, 11) is 0. The van der Waals surface area contributed by atoms with Crippen LogP contribution >= 0.6 is 11.8 Å². The van der Waals surface area contributed by atoms with Gasteiger partial charge < -0.3 is 4.90 Å². The number of amides is 1. The Morgan fingerprint density at radius 1 is 1.44 bits per heavy atom. The van der Waals surface area contributed by atoms with Gasteiger partial charge in [-0.05, 0) is 25.3 Å². The van der Waals surface area contributed by atoms with Crippen LogP contribution in [0.5, 0.6) is 0 Å². The van der Waals surface area contributed by atoms with E-state index in [9.17, 15) is 14.0 Å². The first kappa shape index (κ1) is 17.7. The van der Waals surface area contributed by atoms with Crippen molar-refractivity contribution in [1.29, 1.82) is 0 Å². The molecule has 0 saturated heterocycles. The van der Waals surface area contributed by atoms with Crippen molar-refractivity contribution in [3.63, 3.8) is 0 Å². The van der Waals surface area contributed by atoms with Gasteiger partial charge in [0.25, 0.3) is 0 Å². The molecule has 1 heterocycles. The number of hydrogen-bond acceptors (Lipinski definition) is 4. The molecule has 1 aromatic heterocycles. The highest BCUT2D eigenvalue weighted by molar-refractivity contribution is 7.99. The quantitative estimate of drug-likeness (QED) is 0.730. The monoisotopic (exact) mass is 364 g/mol. The van der Waals surface area contributed by atoms with Crippen molar-refractivity contribution in [3.05, 3.63) is 46.1 Å². The van der Waals surface area contributed by atoms with Gasteiger partial charge in [0, 0.05) is 24.7 Å². The molecule has 2 aromatic rings. The first-order chi connectivity index (χ1) is 12.1. The van der Waals surface area contributed by atoms with Gasteiger partial charge in [-0.2, -0.15) is 0 Å². The van der Waals surface area contributed by atoms with E-state index in [0.717, 1.165) is 19.3 Å². The third-order valence-corrected chi connectivity index (χ3v) is 5.06. The van der Waals surface area contributed by atoms with E-state index < -0.39 is 0 Å². The molecular formula is C17H21FN4O2S. The molecule has 0 radical (unpaired) electrons. The van der Waals surface area contributed by atoms with E-state index in [1.54, 1.807) is 23.1 Å². The van der Waals surface area contributed by atoms with Gasteiger partial charge in [-0.15, -0.1) is 5.10 Å². The largest absolute Gasteiger partial charge is 0.343 e. The molecule has 1 fully saturated rings. The number of halogens is 1. The van der Waals surface area contributed by atoms with Crippen molar-refractivity contribution in [2.45, 2.75) is 50.5 Å². The summed E-state index contributed by atoms with van der Waals surface area (Å²) in [5.41, 5.74) is 0.262. The zero-order valence-corrected chi connectivity index (χ0v) is 14.9. The molecule has 6 nitrogen and oxygen atoms in total. The average Bonchev–Trinajstić information content (AvgIpc) is 3.38. The molecular weight excluding hydrogens is 343 g/mol. The fourth-order valence-electron chi connectivity index (χ4n) is 2.66. The molecule has 3 rings (SSSR count). The van der Waals surface area contributed by atoms with Crippen molar-refractivity contribution in [2.75, 3.05) is 5.75 Å². The number of rotatable bonds is 8. The van der Waals surface area contributed by atoms with Crippen molar-refractivity contribution in [1.82, 2.24) is 19.7 Å². The van der Waals surface area contributed by atoms with Crippen molar-refractivity contribution in [3.8, 4) is 0 Å². The first-order valence-corrected chi connectivity index (χ1v) is 9.39. The summed E-state index contributed by atoms with van der Waals surface area (Å²) in [6.07, 6.45) is 2.71. The predicted octanol–water partition coefficient (Wildman–Crippen LogP) is 2.40. The van der Waals surface area contributed by atoms with E-state index in [1.807, 2.05) is 6.92 Å². The maximum atomic E-state index is 13.9. The van der Waals surface area contributed by atoms with Crippen molar-refractivity contribution in [2.24, 2.45) is 0 Å². The lowest BCUT2D eigenvalue weighted by atomic mass is 10.2. The van der Waals surface area contributed by atoms with Crippen LogP contribution in [-0.2, 0) is 17.9 Å². The zero-order chi connectivity index (χ0) is 17.8. The van der Waals surface area contributed by atoms with Crippen LogP contribution in [0, 0.1) is 5.82 Å². The third kappa shape index (κ3) is 4.31. The fourth-order valence-corrected chi connectivity index (χ4v) is 3.52. The molecule has 0 spiro atoms. The van der Waals surface area contributed by atoms with E-state index in [2.05, 4.69) is 10.2 Å². The number of hydrogen-bond donors (Lipinski definition) is 1. The van der Waals surface area contributed by atoms with Gasteiger partial charge in [-0.25, -0.2) is 14.3 Å². The van der Waals surface area contributed by atoms with Crippen LogP contribution in [0.1, 0.15) is 31.7 Å². The Morgan fingerprint density at radius 2 is 2.20 bits per heavy atom. The lowest BCUT2D eigenvalue weighted by Crippen LogP contribution is -2.34. The summed E-state index contributed by atoms with van der Waals surface area (Å²) in [5.74, 6) is -0.175. The molecule has 1 saturated carbocycles. The Kier molecular flexibility index (Phi) is 5.57. The molecule has 8 heteroatoms. The Morgan fingerprint density at radius 3 is 2.88 bits per heavy atom. The molecule has 0 atom stereocenters. The van der Waals surface area contributed by atoms with E-state index >= 15 is 0 Å². The van der Waals surface area contributed by atoms with Crippen LogP contribution in [0.15, 0.2) is 34.2 Å². The standard InChI is InChI=1S/C17H21FN4O2S/c1-2-9-21-16(24)19-20-17(21)25-11-15(23)22(13-7-8-13)10-12-5-3-4-6-14(12)18/h3-6,13H,2,7-11H2,1H3,(H,19,24). The summed E-state index contributed by atoms with van der Waals surface area (Å²) < 4.78 is 15.4. The normalized spacial score (nSPS) is 13.8. The summed E-state index contributed by atoms with van der Waals surface area (Å²) in [5, 5.41) is 6.92. The Hall–Kier alpha value is -2.09. The van der Waals surface area contributed by atoms with Gasteiger partial charge in [0.15, 0.2) is 5.16 Å². The maximum absolute atomic E-state index is 13.9. The minimum atomic E-state index is -0.294. The van der Waals surface area contributed by atoms with Gasteiger partial charge >= 0.3 is 5.69 Å². The van der Waals surface area contributed by atoms with Crippen molar-refractivity contribution < 1.29 is 9.18 Å². The van der Waals surface area contributed by atoms with E-state index in [1.165, 1.54) is 22.4 Å². The summed E-state index contributed by atoms with van der Waals surface area (Å²) in [4.78, 5) is 26.1.